The van der Waals surface area contributed by atoms with Gasteiger partial charge in [-0.15, -0.1) is 0 Å². The van der Waals surface area contributed by atoms with E-state index in [4.69, 9.17) is 21.1 Å². The number of aliphatic hydroxyl groups is 1. The molecule has 21 heavy (non-hydrogen) atoms. The monoisotopic (exact) mass is 308 g/mol. The molecule has 5 nitrogen and oxygen atoms in total. The van der Waals surface area contributed by atoms with Gasteiger partial charge in [-0.05, 0) is 24.3 Å². The van der Waals surface area contributed by atoms with Crippen LogP contribution in [-0.4, -0.2) is 30.9 Å². The lowest BCUT2D eigenvalue weighted by Gasteiger charge is -2.17. The lowest BCUT2D eigenvalue weighted by molar-refractivity contribution is 0.186. The van der Waals surface area contributed by atoms with Crippen LogP contribution in [0.3, 0.4) is 0 Å². The molecule has 2 rings (SSSR count). The van der Waals surface area contributed by atoms with Crippen molar-refractivity contribution < 1.29 is 14.6 Å². The number of halogens is 1. The first kappa shape index (κ1) is 15.4. The van der Waals surface area contributed by atoms with Crippen molar-refractivity contribution in [2.45, 2.75) is 6.10 Å². The maximum atomic E-state index is 10.3. The average molecular weight is 309 g/mol. The Bertz CT molecular complexity index is 607. The predicted octanol–water partition coefficient (Wildman–Crippen LogP) is 2.90. The summed E-state index contributed by atoms with van der Waals surface area (Å²) in [7, 11) is 3.14. The summed E-state index contributed by atoms with van der Waals surface area (Å²) < 4.78 is 10.4. The number of rotatable bonds is 6. The molecule has 0 fully saturated rings. The Kier molecular flexibility index (Phi) is 5.25. The number of pyridine rings is 1. The van der Waals surface area contributed by atoms with Crippen molar-refractivity contribution >= 4 is 17.3 Å². The van der Waals surface area contributed by atoms with E-state index in [1.807, 2.05) is 0 Å². The lowest BCUT2D eigenvalue weighted by atomic mass is 10.1. The number of nitrogens with one attached hydrogen (secondary N) is 1. The van der Waals surface area contributed by atoms with E-state index >= 15 is 0 Å². The second-order valence-corrected chi connectivity index (χ2v) is 4.77. The van der Waals surface area contributed by atoms with Gasteiger partial charge in [0, 0.05) is 24.5 Å². The highest BCUT2D eigenvalue weighted by Crippen LogP contribution is 2.30. The van der Waals surface area contributed by atoms with Gasteiger partial charge in [-0.2, -0.15) is 0 Å². The van der Waals surface area contributed by atoms with Crippen molar-refractivity contribution in [2.24, 2.45) is 0 Å². The molecule has 0 radical (unpaired) electrons. The molecular formula is C15H17ClN2O3. The molecule has 0 spiro atoms. The number of ether oxygens (including phenoxy) is 2. The van der Waals surface area contributed by atoms with Crippen molar-refractivity contribution in [1.82, 2.24) is 4.98 Å². The zero-order chi connectivity index (χ0) is 15.2. The first-order valence-corrected chi connectivity index (χ1v) is 6.77. The quantitative estimate of drug-likeness (QED) is 0.859. The topological polar surface area (TPSA) is 63.6 Å². The van der Waals surface area contributed by atoms with Crippen molar-refractivity contribution in [3.63, 3.8) is 0 Å². The standard InChI is InChI=1S/C15H17ClN2O3/c1-20-10-3-4-15(21-2)11(7-10)14(19)9-18-13-5-6-17-8-12(13)16/h3-8,14,19H,9H2,1-2H3,(H,17,18)/t14-/m0/s1. The maximum Gasteiger partial charge on any atom is 0.124 e. The van der Waals surface area contributed by atoms with Crippen molar-refractivity contribution in [3.05, 3.63) is 47.2 Å². The highest BCUT2D eigenvalue weighted by molar-refractivity contribution is 6.33. The van der Waals surface area contributed by atoms with Crippen molar-refractivity contribution in [2.75, 3.05) is 26.1 Å². The molecule has 112 valence electrons. The molecule has 0 unspecified atom stereocenters. The van der Waals surface area contributed by atoms with Crippen LogP contribution in [0.1, 0.15) is 11.7 Å². The molecule has 0 amide bonds. The molecule has 0 saturated heterocycles. The smallest absolute Gasteiger partial charge is 0.124 e. The van der Waals surface area contributed by atoms with Gasteiger partial charge < -0.3 is 19.9 Å². The van der Waals surface area contributed by atoms with Crippen LogP contribution in [0.2, 0.25) is 5.02 Å². The lowest BCUT2D eigenvalue weighted by Crippen LogP contribution is -2.13. The van der Waals surface area contributed by atoms with Crippen molar-refractivity contribution in [1.29, 1.82) is 0 Å². The summed E-state index contributed by atoms with van der Waals surface area (Å²) in [5.41, 5.74) is 1.36. The Morgan fingerprint density at radius 3 is 2.76 bits per heavy atom. The van der Waals surface area contributed by atoms with E-state index in [2.05, 4.69) is 10.3 Å². The summed E-state index contributed by atoms with van der Waals surface area (Å²) in [6.45, 7) is 0.285. The molecule has 0 saturated carbocycles. The predicted molar refractivity (Wildman–Crippen MR) is 82.2 cm³/mol. The number of hydrogen-bond acceptors (Lipinski definition) is 5. The van der Waals surface area contributed by atoms with Crippen LogP contribution in [0, 0.1) is 0 Å². The highest BCUT2D eigenvalue weighted by Gasteiger charge is 2.15. The Balaban J connectivity index is 2.13. The average Bonchev–Trinajstić information content (AvgIpc) is 2.53. The summed E-state index contributed by atoms with van der Waals surface area (Å²) in [6.07, 6.45) is 2.41. The third kappa shape index (κ3) is 3.77. The van der Waals surface area contributed by atoms with Gasteiger partial charge in [-0.1, -0.05) is 11.6 Å². The van der Waals surface area contributed by atoms with E-state index in [1.54, 1.807) is 50.9 Å². The Hall–Kier alpha value is -1.98. The van der Waals surface area contributed by atoms with Gasteiger partial charge in [0.05, 0.1) is 31.0 Å². The number of methoxy groups -OCH3 is 2. The van der Waals surface area contributed by atoms with E-state index in [-0.39, 0.29) is 6.54 Å². The van der Waals surface area contributed by atoms with Crippen LogP contribution in [-0.2, 0) is 0 Å². The van der Waals surface area contributed by atoms with E-state index < -0.39 is 6.10 Å². The summed E-state index contributed by atoms with van der Waals surface area (Å²) in [5, 5.41) is 13.9. The van der Waals surface area contributed by atoms with E-state index in [0.29, 0.717) is 27.8 Å². The zero-order valence-electron chi connectivity index (χ0n) is 11.8. The molecule has 1 aromatic heterocycles. The van der Waals surface area contributed by atoms with E-state index in [9.17, 15) is 5.11 Å². The van der Waals surface area contributed by atoms with E-state index in [0.717, 1.165) is 0 Å². The molecule has 1 atom stereocenters. The van der Waals surface area contributed by atoms with Crippen LogP contribution in [0.4, 0.5) is 5.69 Å². The molecule has 1 heterocycles. The van der Waals surface area contributed by atoms with Crippen LogP contribution < -0.4 is 14.8 Å². The molecule has 0 aliphatic heterocycles. The van der Waals surface area contributed by atoms with Gasteiger partial charge in [0.2, 0.25) is 0 Å². The first-order valence-electron chi connectivity index (χ1n) is 6.39. The van der Waals surface area contributed by atoms with Crippen LogP contribution in [0.15, 0.2) is 36.7 Å². The van der Waals surface area contributed by atoms with E-state index in [1.165, 1.54) is 0 Å². The largest absolute Gasteiger partial charge is 0.497 e. The Morgan fingerprint density at radius 2 is 2.10 bits per heavy atom. The summed E-state index contributed by atoms with van der Waals surface area (Å²) in [4.78, 5) is 3.91. The van der Waals surface area contributed by atoms with Gasteiger partial charge in [0.25, 0.3) is 0 Å². The molecule has 6 heteroatoms. The van der Waals surface area contributed by atoms with Crippen LogP contribution in [0.5, 0.6) is 11.5 Å². The fraction of sp³-hybridized carbons (Fsp3) is 0.267. The van der Waals surface area contributed by atoms with Crippen LogP contribution in [0.25, 0.3) is 0 Å². The van der Waals surface area contributed by atoms with Crippen LogP contribution >= 0.6 is 11.6 Å². The summed E-state index contributed by atoms with van der Waals surface area (Å²) in [5.74, 6) is 1.26. The van der Waals surface area contributed by atoms with Gasteiger partial charge in [0.15, 0.2) is 0 Å². The fourth-order valence-corrected chi connectivity index (χ4v) is 2.12. The minimum absolute atomic E-state index is 0.285. The summed E-state index contributed by atoms with van der Waals surface area (Å²) >= 11 is 6.01. The van der Waals surface area contributed by atoms with Gasteiger partial charge in [0.1, 0.15) is 11.5 Å². The SMILES string of the molecule is COc1ccc(OC)c([C@@H](O)CNc2ccncc2Cl)c1. The van der Waals surface area contributed by atoms with Gasteiger partial charge in [-0.25, -0.2) is 0 Å². The Morgan fingerprint density at radius 1 is 1.29 bits per heavy atom. The second kappa shape index (κ2) is 7.15. The molecule has 2 aromatic rings. The number of anilines is 1. The molecule has 2 N–H and O–H groups in total. The molecule has 0 aliphatic carbocycles. The first-order chi connectivity index (χ1) is 10.2. The number of nitrogens with zero attached hydrogens (tertiary/aromatic N) is 1. The maximum absolute atomic E-state index is 10.3. The second-order valence-electron chi connectivity index (χ2n) is 4.36. The molecular weight excluding hydrogens is 292 g/mol. The molecule has 0 aliphatic rings. The normalized spacial score (nSPS) is 11.8. The van der Waals surface area contributed by atoms with Crippen molar-refractivity contribution in [3.8, 4) is 11.5 Å². The zero-order valence-corrected chi connectivity index (χ0v) is 12.6. The number of benzene rings is 1. The minimum atomic E-state index is -0.765. The molecule has 1 aromatic carbocycles. The third-order valence-corrected chi connectivity index (χ3v) is 3.36. The fourth-order valence-electron chi connectivity index (χ4n) is 1.93. The van der Waals surface area contributed by atoms with Gasteiger partial charge in [-0.3, -0.25) is 4.98 Å². The Labute approximate surface area is 128 Å². The molecule has 0 bridgehead atoms. The minimum Gasteiger partial charge on any atom is -0.497 e. The number of aliphatic hydroxyl groups excluding tert-OH is 1. The summed E-state index contributed by atoms with van der Waals surface area (Å²) in [6, 6.07) is 7.04. The highest BCUT2D eigenvalue weighted by atomic mass is 35.5. The number of aromatic nitrogens is 1. The van der Waals surface area contributed by atoms with Gasteiger partial charge >= 0.3 is 0 Å². The number of hydrogen-bond donors (Lipinski definition) is 2. The third-order valence-electron chi connectivity index (χ3n) is 3.05.